The number of carboxylic acid groups (broad SMARTS) is 1. The molecule has 0 aromatic heterocycles. The van der Waals surface area contributed by atoms with E-state index < -0.39 is 37.9 Å². The Kier molecular flexibility index (Phi) is 6.17. The highest BCUT2D eigenvalue weighted by Crippen LogP contribution is 2.30. The zero-order valence-corrected chi connectivity index (χ0v) is 15.7. The van der Waals surface area contributed by atoms with Gasteiger partial charge in [-0.3, -0.25) is 19.2 Å². The maximum absolute atomic E-state index is 13.1. The summed E-state index contributed by atoms with van der Waals surface area (Å²) in [6, 6.07) is 11.7. The molecule has 2 aromatic rings. The molecule has 0 bridgehead atoms. The average molecular weight is 392 g/mol. The fraction of sp³-hybridized carbons (Fsp3) is 0.278. The second-order valence-corrected chi connectivity index (χ2v) is 8.02. The van der Waals surface area contributed by atoms with Crippen molar-refractivity contribution in [3.63, 3.8) is 0 Å². The van der Waals surface area contributed by atoms with E-state index in [9.17, 15) is 23.3 Å². The van der Waals surface area contributed by atoms with E-state index in [-0.39, 0.29) is 18.2 Å². The predicted molar refractivity (Wildman–Crippen MR) is 100 cm³/mol. The molecule has 0 heterocycles. The summed E-state index contributed by atoms with van der Waals surface area (Å²) in [5.41, 5.74) is 0.676. The number of hydrogen-bond donors (Lipinski definition) is 1. The van der Waals surface area contributed by atoms with Gasteiger partial charge >= 0.3 is 5.97 Å². The van der Waals surface area contributed by atoms with Crippen LogP contribution in [-0.4, -0.2) is 31.0 Å². The first kappa shape index (κ1) is 20.4. The Balaban J connectivity index is 2.56. The molecular weight excluding hydrogens is 372 g/mol. The molecule has 8 nitrogen and oxygen atoms in total. The smallest absolute Gasteiger partial charge is 0.305 e. The zero-order chi connectivity index (χ0) is 20.2. The third-order valence-electron chi connectivity index (χ3n) is 4.01. The number of nitro benzene ring substituents is 1. The molecule has 0 radical (unpaired) electrons. The molecule has 1 N–H and O–H groups in total. The highest BCUT2D eigenvalue weighted by Gasteiger charge is 2.32. The lowest BCUT2D eigenvalue weighted by atomic mass is 10.0. The fourth-order valence-electron chi connectivity index (χ4n) is 2.56. The van der Waals surface area contributed by atoms with Gasteiger partial charge in [0, 0.05) is 12.6 Å². The van der Waals surface area contributed by atoms with Gasteiger partial charge in [0.25, 0.3) is 15.7 Å². The molecule has 2 aromatic carbocycles. The Morgan fingerprint density at radius 1 is 1.15 bits per heavy atom. The van der Waals surface area contributed by atoms with Crippen LogP contribution in [0.3, 0.4) is 0 Å². The number of benzene rings is 2. The molecule has 27 heavy (non-hydrogen) atoms. The Morgan fingerprint density at radius 3 is 2.26 bits per heavy atom. The van der Waals surface area contributed by atoms with E-state index in [4.69, 9.17) is 5.11 Å². The van der Waals surface area contributed by atoms with Crippen LogP contribution in [0.4, 0.5) is 11.4 Å². The summed E-state index contributed by atoms with van der Waals surface area (Å²) in [5.74, 6) is -0.935. The number of hydrogen-bond acceptors (Lipinski definition) is 5. The average Bonchev–Trinajstić information content (AvgIpc) is 2.61. The van der Waals surface area contributed by atoms with Gasteiger partial charge in [-0.2, -0.15) is 0 Å². The van der Waals surface area contributed by atoms with Crippen molar-refractivity contribution in [3.8, 4) is 0 Å². The Labute approximate surface area is 157 Å². The van der Waals surface area contributed by atoms with Crippen molar-refractivity contribution in [1.82, 2.24) is 0 Å². The predicted octanol–water partition coefficient (Wildman–Crippen LogP) is 3.39. The maximum Gasteiger partial charge on any atom is 0.305 e. The quantitative estimate of drug-likeness (QED) is 0.543. The lowest BCUT2D eigenvalue weighted by Gasteiger charge is -2.24. The van der Waals surface area contributed by atoms with Crippen molar-refractivity contribution in [3.05, 3.63) is 64.2 Å². The minimum atomic E-state index is -4.33. The fourth-order valence-corrected chi connectivity index (χ4v) is 4.18. The van der Waals surface area contributed by atoms with Crippen LogP contribution in [0.15, 0.2) is 53.4 Å². The summed E-state index contributed by atoms with van der Waals surface area (Å²) in [6.45, 7) is 3.63. The largest absolute Gasteiger partial charge is 0.481 e. The van der Waals surface area contributed by atoms with E-state index >= 15 is 0 Å². The number of aliphatic carboxylic acids is 1. The van der Waals surface area contributed by atoms with Gasteiger partial charge in [-0.05, 0) is 29.7 Å². The summed E-state index contributed by atoms with van der Waals surface area (Å²) < 4.78 is 27.1. The van der Waals surface area contributed by atoms with E-state index in [2.05, 4.69) is 0 Å². The van der Waals surface area contributed by atoms with Gasteiger partial charge in [-0.25, -0.2) is 8.42 Å². The summed E-state index contributed by atoms with van der Waals surface area (Å²) in [6.07, 6.45) is -0.439. The molecule has 0 aliphatic carbocycles. The summed E-state index contributed by atoms with van der Waals surface area (Å²) in [4.78, 5) is 21.0. The molecule has 144 valence electrons. The van der Waals surface area contributed by atoms with Crippen molar-refractivity contribution in [2.45, 2.75) is 31.1 Å². The lowest BCUT2D eigenvalue weighted by molar-refractivity contribution is -0.387. The molecule has 0 atom stereocenters. The van der Waals surface area contributed by atoms with E-state index in [1.54, 1.807) is 24.3 Å². The van der Waals surface area contributed by atoms with Crippen LogP contribution in [0.2, 0.25) is 0 Å². The molecule has 0 spiro atoms. The molecule has 0 aliphatic rings. The standard InChI is InChI=1S/C18H20N2O6S/c1-13(2)14-7-9-15(10-8-14)19(12-11-18(21)22)27(25,26)17-6-4-3-5-16(17)20(23)24/h3-10,13H,11-12H2,1-2H3,(H,21,22). The molecule has 0 unspecified atom stereocenters. The van der Waals surface area contributed by atoms with Gasteiger partial charge in [0.1, 0.15) is 0 Å². The molecule has 2 rings (SSSR count). The third-order valence-corrected chi connectivity index (χ3v) is 5.88. The number of rotatable bonds is 8. The van der Waals surface area contributed by atoms with Crippen molar-refractivity contribution in [1.29, 1.82) is 0 Å². The van der Waals surface area contributed by atoms with Gasteiger partial charge in [0.05, 0.1) is 17.0 Å². The highest BCUT2D eigenvalue weighted by molar-refractivity contribution is 7.93. The number of nitrogens with zero attached hydrogens (tertiary/aromatic N) is 2. The zero-order valence-electron chi connectivity index (χ0n) is 14.9. The van der Waals surface area contributed by atoms with E-state index in [0.29, 0.717) is 0 Å². The SMILES string of the molecule is CC(C)c1ccc(N(CCC(=O)O)S(=O)(=O)c2ccccc2[N+](=O)[O-])cc1. The summed E-state index contributed by atoms with van der Waals surface area (Å²) >= 11 is 0. The minimum Gasteiger partial charge on any atom is -0.481 e. The normalized spacial score (nSPS) is 11.4. The van der Waals surface area contributed by atoms with Gasteiger partial charge in [0.2, 0.25) is 0 Å². The molecule has 0 aliphatic heterocycles. The van der Waals surface area contributed by atoms with E-state index in [1.807, 2.05) is 13.8 Å². The first-order chi connectivity index (χ1) is 12.6. The van der Waals surface area contributed by atoms with Crippen molar-refractivity contribution >= 4 is 27.4 Å². The number of carboxylic acids is 1. The summed E-state index contributed by atoms with van der Waals surface area (Å²) in [7, 11) is -4.33. The second-order valence-electron chi connectivity index (χ2n) is 6.19. The van der Waals surface area contributed by atoms with Crippen LogP contribution in [0.1, 0.15) is 31.7 Å². The Hall–Kier alpha value is -2.94. The topological polar surface area (TPSA) is 118 Å². The monoisotopic (exact) mass is 392 g/mol. The van der Waals surface area contributed by atoms with Crippen LogP contribution in [0, 0.1) is 10.1 Å². The molecule has 0 amide bonds. The van der Waals surface area contributed by atoms with Gasteiger partial charge in [-0.15, -0.1) is 0 Å². The van der Waals surface area contributed by atoms with Gasteiger partial charge < -0.3 is 5.11 Å². The number of nitro groups is 1. The highest BCUT2D eigenvalue weighted by atomic mass is 32.2. The molecule has 0 saturated carbocycles. The van der Waals surface area contributed by atoms with Crippen LogP contribution in [-0.2, 0) is 14.8 Å². The van der Waals surface area contributed by atoms with Crippen molar-refractivity contribution in [2.24, 2.45) is 0 Å². The van der Waals surface area contributed by atoms with Gasteiger partial charge in [0.15, 0.2) is 4.90 Å². The second kappa shape index (κ2) is 8.17. The van der Waals surface area contributed by atoms with Crippen LogP contribution < -0.4 is 4.31 Å². The number of anilines is 1. The minimum absolute atomic E-state index is 0.235. The molecule has 0 saturated heterocycles. The number of sulfonamides is 1. The third kappa shape index (κ3) is 4.62. The summed E-state index contributed by atoms with van der Waals surface area (Å²) in [5, 5.41) is 20.2. The van der Waals surface area contributed by atoms with Crippen molar-refractivity contribution < 1.29 is 23.2 Å². The van der Waals surface area contributed by atoms with Crippen LogP contribution >= 0.6 is 0 Å². The first-order valence-corrected chi connectivity index (χ1v) is 9.66. The lowest BCUT2D eigenvalue weighted by Crippen LogP contribution is -2.33. The van der Waals surface area contributed by atoms with E-state index in [1.165, 1.54) is 12.1 Å². The number of para-hydroxylation sites is 1. The molecule has 0 fully saturated rings. The van der Waals surface area contributed by atoms with Crippen LogP contribution in [0.5, 0.6) is 0 Å². The van der Waals surface area contributed by atoms with Gasteiger partial charge in [-0.1, -0.05) is 38.1 Å². The maximum atomic E-state index is 13.1. The van der Waals surface area contributed by atoms with E-state index in [0.717, 1.165) is 22.0 Å². The number of carbonyl (C=O) groups is 1. The first-order valence-electron chi connectivity index (χ1n) is 8.22. The Morgan fingerprint density at radius 2 is 1.74 bits per heavy atom. The molecular formula is C18H20N2O6S. The van der Waals surface area contributed by atoms with Crippen molar-refractivity contribution in [2.75, 3.05) is 10.8 Å². The molecule has 9 heteroatoms. The van der Waals surface area contributed by atoms with Crippen LogP contribution in [0.25, 0.3) is 0 Å². The Bertz CT molecular complexity index is 939.